The lowest BCUT2D eigenvalue weighted by Gasteiger charge is -2.22. The Kier molecular flexibility index (Phi) is 4.83. The predicted octanol–water partition coefficient (Wildman–Crippen LogP) is 10.1. The van der Waals surface area contributed by atoms with Crippen LogP contribution >= 0.6 is 11.3 Å². The van der Waals surface area contributed by atoms with Gasteiger partial charge in [-0.2, -0.15) is 0 Å². The average Bonchev–Trinajstić information content (AvgIpc) is 3.77. The van der Waals surface area contributed by atoms with Crippen LogP contribution in [0.5, 0.6) is 0 Å². The molecule has 0 saturated carbocycles. The average molecular weight is 558 g/mol. The number of aromatic nitrogens is 3. The fourth-order valence-electron chi connectivity index (χ4n) is 7.08. The van der Waals surface area contributed by atoms with E-state index in [1.807, 2.05) is 0 Å². The number of imidazole rings is 1. The van der Waals surface area contributed by atoms with Gasteiger partial charge < -0.3 is 4.57 Å². The molecule has 0 N–H and O–H groups in total. The summed E-state index contributed by atoms with van der Waals surface area (Å²) in [6, 6.07) is 42.0. The molecule has 42 heavy (non-hydrogen) atoms. The SMILES string of the molecule is CC1(C)c2ccccc2-c2ccc(-c3c(-c4ccc(-n5c6ccccc6c6ccccc65)cc4)nc4sccn34)cc21. The number of hydrogen-bond donors (Lipinski definition) is 0. The molecule has 5 aromatic carbocycles. The molecule has 0 saturated heterocycles. The third kappa shape index (κ3) is 3.18. The molecule has 200 valence electrons. The summed E-state index contributed by atoms with van der Waals surface area (Å²) >= 11 is 1.68. The lowest BCUT2D eigenvalue weighted by Crippen LogP contribution is -2.14. The second-order valence-corrected chi connectivity index (χ2v) is 12.6. The number of hydrogen-bond acceptors (Lipinski definition) is 2. The summed E-state index contributed by atoms with van der Waals surface area (Å²) in [7, 11) is 0. The van der Waals surface area contributed by atoms with E-state index < -0.39 is 0 Å². The maximum atomic E-state index is 5.16. The Morgan fingerprint density at radius 1 is 0.643 bits per heavy atom. The molecule has 0 fully saturated rings. The van der Waals surface area contributed by atoms with Gasteiger partial charge in [-0.3, -0.25) is 4.40 Å². The summed E-state index contributed by atoms with van der Waals surface area (Å²) in [5.74, 6) is 0. The first kappa shape index (κ1) is 23.7. The number of benzene rings is 5. The van der Waals surface area contributed by atoms with E-state index in [4.69, 9.17) is 4.98 Å². The number of para-hydroxylation sites is 2. The van der Waals surface area contributed by atoms with Gasteiger partial charge in [-0.15, -0.1) is 11.3 Å². The van der Waals surface area contributed by atoms with Gasteiger partial charge in [0.15, 0.2) is 4.96 Å². The zero-order valence-electron chi connectivity index (χ0n) is 23.4. The molecule has 0 bridgehead atoms. The van der Waals surface area contributed by atoms with Crippen molar-refractivity contribution < 1.29 is 0 Å². The van der Waals surface area contributed by atoms with Crippen molar-refractivity contribution in [2.24, 2.45) is 0 Å². The van der Waals surface area contributed by atoms with Gasteiger partial charge in [-0.25, -0.2) is 4.98 Å². The molecular weight excluding hydrogens is 531 g/mol. The molecule has 1 aliphatic carbocycles. The van der Waals surface area contributed by atoms with E-state index in [2.05, 4.69) is 150 Å². The van der Waals surface area contributed by atoms with E-state index in [0.29, 0.717) is 0 Å². The number of rotatable bonds is 3. The highest BCUT2D eigenvalue weighted by atomic mass is 32.1. The first-order chi connectivity index (χ1) is 20.6. The minimum Gasteiger partial charge on any atom is -0.309 e. The zero-order chi connectivity index (χ0) is 28.0. The molecule has 0 radical (unpaired) electrons. The van der Waals surface area contributed by atoms with Crippen molar-refractivity contribution in [3.63, 3.8) is 0 Å². The maximum absolute atomic E-state index is 5.16. The molecule has 3 heterocycles. The molecule has 0 aliphatic heterocycles. The highest BCUT2D eigenvalue weighted by Gasteiger charge is 2.35. The van der Waals surface area contributed by atoms with E-state index in [9.17, 15) is 0 Å². The van der Waals surface area contributed by atoms with Crippen LogP contribution in [-0.4, -0.2) is 14.0 Å². The quantitative estimate of drug-likeness (QED) is 0.212. The fraction of sp³-hybridized carbons (Fsp3) is 0.0789. The van der Waals surface area contributed by atoms with E-state index in [0.717, 1.165) is 27.6 Å². The van der Waals surface area contributed by atoms with Crippen molar-refractivity contribution in [1.29, 1.82) is 0 Å². The number of nitrogens with zero attached hydrogens (tertiary/aromatic N) is 3. The van der Waals surface area contributed by atoms with E-state index >= 15 is 0 Å². The van der Waals surface area contributed by atoms with Gasteiger partial charge in [0.25, 0.3) is 0 Å². The van der Waals surface area contributed by atoms with Crippen LogP contribution in [0, 0.1) is 0 Å². The van der Waals surface area contributed by atoms with Crippen LogP contribution in [-0.2, 0) is 5.41 Å². The fourth-order valence-corrected chi connectivity index (χ4v) is 7.80. The summed E-state index contributed by atoms with van der Waals surface area (Å²) < 4.78 is 4.61. The molecule has 0 unspecified atom stereocenters. The lowest BCUT2D eigenvalue weighted by atomic mass is 9.82. The second-order valence-electron chi connectivity index (χ2n) is 11.7. The van der Waals surface area contributed by atoms with Gasteiger partial charge in [0.2, 0.25) is 0 Å². The molecule has 8 aromatic rings. The van der Waals surface area contributed by atoms with Crippen LogP contribution < -0.4 is 0 Å². The Bertz CT molecular complexity index is 2280. The van der Waals surface area contributed by atoms with Crippen molar-refractivity contribution in [2.75, 3.05) is 0 Å². The van der Waals surface area contributed by atoms with E-state index in [1.165, 1.54) is 49.6 Å². The van der Waals surface area contributed by atoms with Crippen molar-refractivity contribution in [3.8, 4) is 39.3 Å². The van der Waals surface area contributed by atoms with Crippen molar-refractivity contribution >= 4 is 38.1 Å². The molecule has 1 aliphatic rings. The largest absolute Gasteiger partial charge is 0.309 e. The third-order valence-corrected chi connectivity index (χ3v) is 9.85. The molecule has 9 rings (SSSR count). The van der Waals surface area contributed by atoms with Crippen LogP contribution in [0.2, 0.25) is 0 Å². The van der Waals surface area contributed by atoms with Gasteiger partial charge in [-0.1, -0.05) is 98.8 Å². The maximum Gasteiger partial charge on any atom is 0.194 e. The molecule has 3 nitrogen and oxygen atoms in total. The Morgan fingerprint density at radius 2 is 1.29 bits per heavy atom. The monoisotopic (exact) mass is 557 g/mol. The van der Waals surface area contributed by atoms with Gasteiger partial charge in [0.05, 0.1) is 22.4 Å². The Labute approximate surface area is 248 Å². The number of thiazole rings is 1. The van der Waals surface area contributed by atoms with E-state index in [-0.39, 0.29) is 5.41 Å². The Hall–Kier alpha value is -4.93. The zero-order valence-corrected chi connectivity index (χ0v) is 24.2. The van der Waals surface area contributed by atoms with Crippen LogP contribution in [0.15, 0.2) is 127 Å². The van der Waals surface area contributed by atoms with Crippen molar-refractivity contribution in [3.05, 3.63) is 138 Å². The highest BCUT2D eigenvalue weighted by Crippen LogP contribution is 2.50. The minimum absolute atomic E-state index is 0.0511. The predicted molar refractivity (Wildman–Crippen MR) is 176 cm³/mol. The van der Waals surface area contributed by atoms with Crippen LogP contribution in [0.3, 0.4) is 0 Å². The molecule has 0 spiro atoms. The normalized spacial score (nSPS) is 13.7. The molecule has 3 aromatic heterocycles. The second kappa shape index (κ2) is 8.54. The molecular formula is C38H27N3S. The first-order valence-corrected chi connectivity index (χ1v) is 15.3. The van der Waals surface area contributed by atoms with Gasteiger partial charge >= 0.3 is 0 Å². The van der Waals surface area contributed by atoms with Gasteiger partial charge in [-0.05, 0) is 52.6 Å². The van der Waals surface area contributed by atoms with Crippen molar-refractivity contribution in [2.45, 2.75) is 19.3 Å². The summed E-state index contributed by atoms with van der Waals surface area (Å²) in [6.45, 7) is 4.68. The molecule has 4 heteroatoms. The summed E-state index contributed by atoms with van der Waals surface area (Å²) in [6.07, 6.45) is 2.14. The lowest BCUT2D eigenvalue weighted by molar-refractivity contribution is 0.660. The summed E-state index contributed by atoms with van der Waals surface area (Å²) in [5, 5.41) is 4.67. The van der Waals surface area contributed by atoms with E-state index in [1.54, 1.807) is 11.3 Å². The van der Waals surface area contributed by atoms with Crippen LogP contribution in [0.4, 0.5) is 0 Å². The molecule has 0 atom stereocenters. The van der Waals surface area contributed by atoms with Gasteiger partial charge in [0, 0.05) is 44.6 Å². The standard InChI is InChI=1S/C38H27N3S/c1-38(2)31-12-6-3-9-27(31)28-20-17-25(23-32(28)38)36-35(39-37-40(36)21-22-42-37)24-15-18-26(19-16-24)41-33-13-7-4-10-29(33)30-11-5-8-14-34(30)41/h3-23H,1-2H3. The minimum atomic E-state index is -0.0511. The first-order valence-electron chi connectivity index (χ1n) is 14.4. The molecule has 0 amide bonds. The van der Waals surface area contributed by atoms with Gasteiger partial charge in [0.1, 0.15) is 0 Å². The van der Waals surface area contributed by atoms with Crippen molar-refractivity contribution in [1.82, 2.24) is 14.0 Å². The number of fused-ring (bicyclic) bond motifs is 7. The smallest absolute Gasteiger partial charge is 0.194 e. The summed E-state index contributed by atoms with van der Waals surface area (Å²) in [5.41, 5.74) is 13.5. The van der Waals surface area contributed by atoms with Crippen LogP contribution in [0.25, 0.3) is 66.1 Å². The third-order valence-electron chi connectivity index (χ3n) is 9.10. The summed E-state index contributed by atoms with van der Waals surface area (Å²) in [4.78, 5) is 6.16. The Balaban J connectivity index is 1.20. The van der Waals surface area contributed by atoms with Crippen LogP contribution in [0.1, 0.15) is 25.0 Å². The highest BCUT2D eigenvalue weighted by molar-refractivity contribution is 7.15. The topological polar surface area (TPSA) is 22.2 Å². The Morgan fingerprint density at radius 3 is 2.05 bits per heavy atom.